The van der Waals surface area contributed by atoms with Gasteiger partial charge in [0.1, 0.15) is 13.2 Å². The summed E-state index contributed by atoms with van der Waals surface area (Å²) in [5.74, 6) is 0.519. The number of alkyl halides is 2. The van der Waals surface area contributed by atoms with Gasteiger partial charge < -0.3 is 9.47 Å². The molecule has 2 aromatic carbocycles. The third-order valence-corrected chi connectivity index (χ3v) is 5.78. The van der Waals surface area contributed by atoms with Crippen molar-refractivity contribution >= 4 is 68.4 Å². The maximum absolute atomic E-state index is 11.5. The van der Waals surface area contributed by atoms with Gasteiger partial charge in [-0.05, 0) is 48.5 Å². The van der Waals surface area contributed by atoms with Crippen molar-refractivity contribution in [3.8, 4) is 0 Å². The van der Waals surface area contributed by atoms with Crippen molar-refractivity contribution in [2.75, 3.05) is 35.6 Å². The van der Waals surface area contributed by atoms with Crippen molar-refractivity contribution < 1.29 is 19.1 Å². The second-order valence-corrected chi connectivity index (χ2v) is 8.15. The van der Waals surface area contributed by atoms with Crippen molar-refractivity contribution in [1.82, 2.24) is 0 Å². The van der Waals surface area contributed by atoms with Crippen molar-refractivity contribution in [3.63, 3.8) is 0 Å². The van der Waals surface area contributed by atoms with Crippen LogP contribution >= 0.6 is 44.8 Å². The minimum Gasteiger partial charge on any atom is -0.448 e. The van der Waals surface area contributed by atoms with Crippen molar-refractivity contribution in [1.29, 1.82) is 0 Å². The molecule has 28 heavy (non-hydrogen) atoms. The molecule has 10 heteroatoms. The Balaban J connectivity index is 1.78. The van der Waals surface area contributed by atoms with Crippen LogP contribution in [0.3, 0.4) is 0 Å². The highest BCUT2D eigenvalue weighted by Gasteiger charge is 2.05. The molecule has 0 fully saturated rings. The molecule has 0 bridgehead atoms. The van der Waals surface area contributed by atoms with E-state index in [0.717, 1.165) is 9.79 Å². The van der Waals surface area contributed by atoms with E-state index in [1.165, 1.54) is 0 Å². The molecule has 0 spiro atoms. The zero-order chi connectivity index (χ0) is 20.2. The smallest absolute Gasteiger partial charge is 0.411 e. The lowest BCUT2D eigenvalue weighted by Gasteiger charge is -2.07. The molecule has 0 heterocycles. The molecule has 2 aromatic rings. The van der Waals surface area contributed by atoms with Gasteiger partial charge >= 0.3 is 12.2 Å². The third-order valence-electron chi connectivity index (χ3n) is 3.06. The van der Waals surface area contributed by atoms with Gasteiger partial charge in [0.2, 0.25) is 0 Å². The van der Waals surface area contributed by atoms with Gasteiger partial charge in [-0.1, -0.05) is 21.6 Å². The maximum atomic E-state index is 11.5. The van der Waals surface area contributed by atoms with E-state index in [9.17, 15) is 9.59 Å². The molecule has 0 unspecified atom stereocenters. The maximum Gasteiger partial charge on any atom is 0.411 e. The average molecular weight is 461 g/mol. The molecule has 150 valence electrons. The first kappa shape index (κ1) is 22.5. The summed E-state index contributed by atoms with van der Waals surface area (Å²) < 4.78 is 9.70. The summed E-state index contributed by atoms with van der Waals surface area (Å²) >= 11 is 10.9. The zero-order valence-corrected chi connectivity index (χ0v) is 17.8. The molecule has 0 aliphatic rings. The van der Waals surface area contributed by atoms with E-state index < -0.39 is 12.2 Å². The Hall–Kier alpha value is -1.74. The first-order valence-electron chi connectivity index (χ1n) is 8.15. The first-order valence-corrected chi connectivity index (χ1v) is 11.4. The van der Waals surface area contributed by atoms with Gasteiger partial charge in [0, 0.05) is 21.2 Å². The number of nitrogens with one attached hydrogen (secondary N) is 2. The minimum atomic E-state index is -0.532. The van der Waals surface area contributed by atoms with E-state index in [0.29, 0.717) is 11.4 Å². The van der Waals surface area contributed by atoms with Crippen LogP contribution in [0.1, 0.15) is 0 Å². The first-order chi connectivity index (χ1) is 13.6. The Kier molecular flexibility index (Phi) is 10.2. The quantitative estimate of drug-likeness (QED) is 0.349. The number of anilines is 2. The second-order valence-electron chi connectivity index (χ2n) is 5.12. The van der Waals surface area contributed by atoms with E-state index in [-0.39, 0.29) is 25.0 Å². The number of halogens is 2. The normalized spacial score (nSPS) is 10.2. The SMILES string of the molecule is O=C(Nc1ccc(SSc2ccc(NC(=O)OCCCl)cc2)cc1)OCCCl. The molecular weight excluding hydrogens is 443 g/mol. The summed E-state index contributed by atoms with van der Waals surface area (Å²) in [4.78, 5) is 25.0. The summed E-state index contributed by atoms with van der Waals surface area (Å²) in [5.41, 5.74) is 1.29. The summed E-state index contributed by atoms with van der Waals surface area (Å²) in [7, 11) is 3.15. The minimum absolute atomic E-state index is 0.168. The molecule has 0 saturated carbocycles. The fourth-order valence-corrected chi connectivity index (χ4v) is 3.94. The molecule has 0 aliphatic heterocycles. The van der Waals surface area contributed by atoms with E-state index in [2.05, 4.69) is 10.6 Å². The van der Waals surface area contributed by atoms with Crippen LogP contribution in [0.25, 0.3) is 0 Å². The summed E-state index contributed by atoms with van der Waals surface area (Å²) in [6, 6.07) is 14.8. The fourth-order valence-electron chi connectivity index (χ4n) is 1.85. The highest BCUT2D eigenvalue weighted by molar-refractivity contribution is 8.76. The van der Waals surface area contributed by atoms with Crippen LogP contribution in [0, 0.1) is 0 Å². The summed E-state index contributed by atoms with van der Waals surface area (Å²) in [5, 5.41) is 5.25. The number of hydrogen-bond acceptors (Lipinski definition) is 6. The van der Waals surface area contributed by atoms with Crippen LogP contribution < -0.4 is 10.6 Å². The molecule has 2 amide bonds. The molecule has 0 radical (unpaired) electrons. The van der Waals surface area contributed by atoms with Gasteiger partial charge in [0.05, 0.1) is 11.8 Å². The van der Waals surface area contributed by atoms with Crippen LogP contribution in [0.4, 0.5) is 21.0 Å². The van der Waals surface area contributed by atoms with Gasteiger partial charge in [0.25, 0.3) is 0 Å². The molecule has 2 N–H and O–H groups in total. The molecule has 0 saturated heterocycles. The largest absolute Gasteiger partial charge is 0.448 e. The Morgan fingerprint density at radius 2 is 1.07 bits per heavy atom. The summed E-state index contributed by atoms with van der Waals surface area (Å²) in [6.45, 7) is 0.335. The summed E-state index contributed by atoms with van der Waals surface area (Å²) in [6.07, 6.45) is -1.06. The Bertz CT molecular complexity index is 696. The van der Waals surface area contributed by atoms with Crippen LogP contribution in [0.5, 0.6) is 0 Å². The highest BCUT2D eigenvalue weighted by Crippen LogP contribution is 2.38. The Morgan fingerprint density at radius 3 is 1.39 bits per heavy atom. The lowest BCUT2D eigenvalue weighted by Crippen LogP contribution is -2.14. The van der Waals surface area contributed by atoms with E-state index in [4.69, 9.17) is 32.7 Å². The van der Waals surface area contributed by atoms with Gasteiger partial charge in [-0.15, -0.1) is 23.2 Å². The Labute approximate surface area is 181 Å². The number of ether oxygens (including phenoxy) is 2. The molecule has 2 rings (SSSR count). The molecule has 0 aliphatic carbocycles. The average Bonchev–Trinajstić information content (AvgIpc) is 2.71. The van der Waals surface area contributed by atoms with Crippen LogP contribution in [-0.4, -0.2) is 37.2 Å². The number of carbonyl (C=O) groups is 2. The van der Waals surface area contributed by atoms with Crippen LogP contribution in [0.2, 0.25) is 0 Å². The third kappa shape index (κ3) is 8.52. The van der Waals surface area contributed by atoms with E-state index >= 15 is 0 Å². The molecular formula is C18H18Cl2N2O4S2. The predicted octanol–water partition coefficient (Wildman–Crippen LogP) is 6.06. The fraction of sp³-hybridized carbons (Fsp3) is 0.222. The molecule has 0 atom stereocenters. The number of hydrogen-bond donors (Lipinski definition) is 2. The lowest BCUT2D eigenvalue weighted by molar-refractivity contribution is 0.167. The number of benzene rings is 2. The van der Waals surface area contributed by atoms with Crippen molar-refractivity contribution in [2.45, 2.75) is 9.79 Å². The van der Waals surface area contributed by atoms with Crippen LogP contribution in [-0.2, 0) is 9.47 Å². The van der Waals surface area contributed by atoms with E-state index in [1.807, 2.05) is 24.3 Å². The number of amides is 2. The Morgan fingerprint density at radius 1 is 0.714 bits per heavy atom. The lowest BCUT2D eigenvalue weighted by atomic mass is 10.3. The van der Waals surface area contributed by atoms with Crippen molar-refractivity contribution in [3.05, 3.63) is 48.5 Å². The van der Waals surface area contributed by atoms with Gasteiger partial charge in [-0.3, -0.25) is 10.6 Å². The van der Waals surface area contributed by atoms with Crippen molar-refractivity contribution in [2.24, 2.45) is 0 Å². The number of carbonyl (C=O) groups excluding carboxylic acids is 2. The van der Waals surface area contributed by atoms with Gasteiger partial charge in [0.15, 0.2) is 0 Å². The predicted molar refractivity (Wildman–Crippen MR) is 116 cm³/mol. The number of rotatable bonds is 9. The van der Waals surface area contributed by atoms with Gasteiger partial charge in [-0.2, -0.15) is 0 Å². The standard InChI is InChI=1S/C18H18Cl2N2O4S2/c19-9-11-25-17(23)21-13-1-5-15(6-2-13)27-28-16-7-3-14(4-8-16)22-18(24)26-12-10-20/h1-8H,9-12H2,(H,21,23)(H,22,24). The second kappa shape index (κ2) is 12.7. The molecule has 0 aromatic heterocycles. The monoisotopic (exact) mass is 460 g/mol. The molecule has 6 nitrogen and oxygen atoms in total. The topological polar surface area (TPSA) is 76.7 Å². The van der Waals surface area contributed by atoms with Gasteiger partial charge in [-0.25, -0.2) is 9.59 Å². The highest BCUT2D eigenvalue weighted by atomic mass is 35.5. The zero-order valence-electron chi connectivity index (χ0n) is 14.7. The van der Waals surface area contributed by atoms with Crippen LogP contribution in [0.15, 0.2) is 58.3 Å². The van der Waals surface area contributed by atoms with E-state index in [1.54, 1.807) is 45.9 Å².